The lowest BCUT2D eigenvalue weighted by atomic mass is 9.75. The van der Waals surface area contributed by atoms with Crippen LogP contribution in [0.1, 0.15) is 73.1 Å². The number of nitrogens with zero attached hydrogens (tertiary/aromatic N) is 2. The first-order valence-electron chi connectivity index (χ1n) is 16.3. The maximum atomic E-state index is 14.3. The molecule has 9 nitrogen and oxygen atoms in total. The zero-order valence-corrected chi connectivity index (χ0v) is 27.4. The fraction of sp³-hybridized carbons (Fsp3) is 0.781. The first-order valence-corrected chi connectivity index (χ1v) is 16.7. The minimum absolute atomic E-state index is 0.112. The van der Waals surface area contributed by atoms with Gasteiger partial charge in [0.1, 0.15) is 0 Å². The van der Waals surface area contributed by atoms with Crippen LogP contribution in [-0.4, -0.2) is 85.9 Å². The molecule has 4 atom stereocenters. The van der Waals surface area contributed by atoms with Crippen molar-refractivity contribution in [1.82, 2.24) is 25.8 Å². The van der Waals surface area contributed by atoms with E-state index < -0.39 is 12.1 Å². The maximum absolute atomic E-state index is 14.3. The SMILES string of the molecule is CCCC1=C(CC)NCC(NC(=O)C(C(N)N)C2NC/C(Cl)=C\C[C@H](C)C2CCC)=C1N1CCN(C2(C)COC2)CC1. The van der Waals surface area contributed by atoms with E-state index in [-0.39, 0.29) is 23.4 Å². The topological polar surface area (TPSA) is 121 Å². The Kier molecular flexibility index (Phi) is 11.8. The van der Waals surface area contributed by atoms with E-state index in [9.17, 15) is 4.79 Å². The highest BCUT2D eigenvalue weighted by atomic mass is 35.5. The Bertz CT molecular complexity index is 1030. The number of piperazine rings is 1. The van der Waals surface area contributed by atoms with Crippen molar-refractivity contribution in [1.29, 1.82) is 0 Å². The fourth-order valence-electron chi connectivity index (χ4n) is 7.38. The lowest BCUT2D eigenvalue weighted by molar-refractivity contribution is -0.138. The van der Waals surface area contributed by atoms with Gasteiger partial charge in [0, 0.05) is 49.5 Å². The number of nitrogens with two attached hydrogens (primary N) is 2. The third-order valence-corrected chi connectivity index (χ3v) is 10.2. The second kappa shape index (κ2) is 14.9. The number of amides is 1. The van der Waals surface area contributed by atoms with Gasteiger partial charge in [0.15, 0.2) is 0 Å². The normalized spacial score (nSPS) is 29.3. The predicted molar refractivity (Wildman–Crippen MR) is 171 cm³/mol. The molecule has 2 saturated heterocycles. The monoisotopic (exact) mass is 605 g/mol. The van der Waals surface area contributed by atoms with Gasteiger partial charge in [0.05, 0.1) is 48.8 Å². The molecule has 1 amide bonds. The van der Waals surface area contributed by atoms with Crippen LogP contribution in [-0.2, 0) is 9.53 Å². The van der Waals surface area contributed by atoms with Crippen LogP contribution in [0, 0.1) is 17.8 Å². The molecule has 42 heavy (non-hydrogen) atoms. The molecule has 238 valence electrons. The average molecular weight is 606 g/mol. The minimum atomic E-state index is -0.803. The number of halogens is 1. The van der Waals surface area contributed by atoms with E-state index in [0.29, 0.717) is 19.0 Å². The molecule has 0 bridgehead atoms. The zero-order valence-electron chi connectivity index (χ0n) is 26.6. The third kappa shape index (κ3) is 7.36. The lowest BCUT2D eigenvalue weighted by Crippen LogP contribution is -2.64. The van der Waals surface area contributed by atoms with Crippen LogP contribution in [0.3, 0.4) is 0 Å². The Morgan fingerprint density at radius 1 is 1.17 bits per heavy atom. The van der Waals surface area contributed by atoms with E-state index in [2.05, 4.69) is 66.4 Å². The first kappa shape index (κ1) is 33.3. The van der Waals surface area contributed by atoms with E-state index in [1.807, 2.05) is 0 Å². The summed E-state index contributed by atoms with van der Waals surface area (Å²) < 4.78 is 5.55. The number of rotatable bonds is 11. The molecule has 0 radical (unpaired) electrons. The number of dihydropyridines is 1. The molecule has 10 heteroatoms. The second-order valence-electron chi connectivity index (χ2n) is 13.0. The quantitative estimate of drug-likeness (QED) is 0.228. The molecular weight excluding hydrogens is 550 g/mol. The molecule has 2 fully saturated rings. The molecule has 3 unspecified atom stereocenters. The van der Waals surface area contributed by atoms with Crippen LogP contribution < -0.4 is 27.4 Å². The predicted octanol–water partition coefficient (Wildman–Crippen LogP) is 3.18. The summed E-state index contributed by atoms with van der Waals surface area (Å²) in [6, 6.07) is -0.172. The van der Waals surface area contributed by atoms with E-state index in [1.54, 1.807) is 0 Å². The second-order valence-corrected chi connectivity index (χ2v) is 13.5. The van der Waals surface area contributed by atoms with Gasteiger partial charge in [-0.05, 0) is 50.0 Å². The summed E-state index contributed by atoms with van der Waals surface area (Å²) in [4.78, 5) is 19.3. The van der Waals surface area contributed by atoms with Crippen LogP contribution in [0.5, 0.6) is 0 Å². The van der Waals surface area contributed by atoms with Gasteiger partial charge >= 0.3 is 0 Å². The van der Waals surface area contributed by atoms with Crippen molar-refractivity contribution in [3.05, 3.63) is 33.8 Å². The Morgan fingerprint density at radius 2 is 1.88 bits per heavy atom. The van der Waals surface area contributed by atoms with E-state index in [1.165, 1.54) is 17.0 Å². The van der Waals surface area contributed by atoms with Gasteiger partial charge in [-0.25, -0.2) is 0 Å². The molecule has 0 spiro atoms. The molecule has 4 aliphatic rings. The van der Waals surface area contributed by atoms with Gasteiger partial charge in [-0.3, -0.25) is 9.69 Å². The summed E-state index contributed by atoms with van der Waals surface area (Å²) in [6.45, 7) is 17.6. The van der Waals surface area contributed by atoms with Crippen molar-refractivity contribution in [2.75, 3.05) is 52.5 Å². The summed E-state index contributed by atoms with van der Waals surface area (Å²) in [7, 11) is 0. The highest BCUT2D eigenvalue weighted by Gasteiger charge is 2.42. The summed E-state index contributed by atoms with van der Waals surface area (Å²) in [6.07, 6.45) is 7.14. The largest absolute Gasteiger partial charge is 0.382 e. The van der Waals surface area contributed by atoms with Gasteiger partial charge in [0.2, 0.25) is 5.91 Å². The molecule has 7 N–H and O–H groups in total. The number of hydrogen-bond acceptors (Lipinski definition) is 8. The first-order chi connectivity index (χ1) is 20.1. The number of ether oxygens (including phenoxy) is 1. The number of carbonyl (C=O) groups is 1. The average Bonchev–Trinajstić information content (AvgIpc) is 2.95. The van der Waals surface area contributed by atoms with Crippen LogP contribution in [0.25, 0.3) is 0 Å². The summed E-state index contributed by atoms with van der Waals surface area (Å²) in [5.41, 5.74) is 17.7. The zero-order chi connectivity index (χ0) is 30.4. The molecule has 4 heterocycles. The van der Waals surface area contributed by atoms with Crippen LogP contribution in [0.15, 0.2) is 33.8 Å². The van der Waals surface area contributed by atoms with Crippen molar-refractivity contribution in [2.45, 2.75) is 90.9 Å². The molecule has 4 rings (SSSR count). The van der Waals surface area contributed by atoms with Gasteiger partial charge in [0.25, 0.3) is 0 Å². The van der Waals surface area contributed by atoms with Crippen LogP contribution in [0.4, 0.5) is 0 Å². The molecule has 0 aliphatic carbocycles. The van der Waals surface area contributed by atoms with Crippen molar-refractivity contribution < 1.29 is 9.53 Å². The van der Waals surface area contributed by atoms with Crippen molar-refractivity contribution in [3.63, 3.8) is 0 Å². The summed E-state index contributed by atoms with van der Waals surface area (Å²) in [5, 5.41) is 11.4. The fourth-order valence-corrected chi connectivity index (χ4v) is 7.55. The maximum Gasteiger partial charge on any atom is 0.231 e. The van der Waals surface area contributed by atoms with Crippen molar-refractivity contribution in [2.24, 2.45) is 29.2 Å². The lowest BCUT2D eigenvalue weighted by Gasteiger charge is -2.51. The molecule has 0 saturated carbocycles. The number of nitrogens with one attached hydrogen (secondary N) is 3. The molecule has 0 aromatic heterocycles. The van der Waals surface area contributed by atoms with Gasteiger partial charge in [-0.15, -0.1) is 0 Å². The number of allylic oxidation sites excluding steroid dienone is 3. The highest BCUT2D eigenvalue weighted by molar-refractivity contribution is 6.29. The Morgan fingerprint density at radius 3 is 2.45 bits per heavy atom. The summed E-state index contributed by atoms with van der Waals surface area (Å²) in [5.74, 6) is -0.102. The van der Waals surface area contributed by atoms with E-state index in [0.717, 1.165) is 88.6 Å². The molecule has 0 aromatic rings. The van der Waals surface area contributed by atoms with Gasteiger partial charge < -0.3 is 37.1 Å². The van der Waals surface area contributed by atoms with Crippen molar-refractivity contribution >= 4 is 17.5 Å². The molecule has 4 aliphatic heterocycles. The number of carbonyl (C=O) groups excluding carboxylic acids is 1. The Balaban J connectivity index is 1.64. The number of hydrogen-bond donors (Lipinski definition) is 5. The van der Waals surface area contributed by atoms with Crippen LogP contribution in [0.2, 0.25) is 0 Å². The van der Waals surface area contributed by atoms with Gasteiger partial charge in [-0.1, -0.05) is 58.2 Å². The van der Waals surface area contributed by atoms with E-state index in [4.69, 9.17) is 27.8 Å². The molecular formula is C32H56ClN7O2. The Labute approximate surface area is 258 Å². The third-order valence-electron chi connectivity index (χ3n) is 9.86. The highest BCUT2D eigenvalue weighted by Crippen LogP contribution is 2.34. The standard InChI is InChI=1S/C32H56ClN7O2/c1-6-9-23-21(4)11-12-22(33)17-37-28(23)27(30(34)35)31(41)38-26-18-36-25(8-3)24(10-7-2)29(26)39-13-15-40(16-14-39)32(5)19-42-20-32/h12,21,23,27-28,30,36-37H,6-11,13-20,34-35H2,1-5H3,(H,38,41)/b22-12+/t21-,23?,27?,28?/m0/s1. The van der Waals surface area contributed by atoms with Gasteiger partial charge in [-0.2, -0.15) is 0 Å². The van der Waals surface area contributed by atoms with Crippen LogP contribution >= 0.6 is 11.6 Å². The molecule has 0 aromatic carbocycles. The minimum Gasteiger partial charge on any atom is -0.382 e. The van der Waals surface area contributed by atoms with E-state index >= 15 is 0 Å². The smallest absolute Gasteiger partial charge is 0.231 e. The summed E-state index contributed by atoms with van der Waals surface area (Å²) >= 11 is 6.50. The Hall–Kier alpha value is -1.62. The van der Waals surface area contributed by atoms with Crippen molar-refractivity contribution in [3.8, 4) is 0 Å².